The third-order valence-corrected chi connectivity index (χ3v) is 6.58. The van der Waals surface area contributed by atoms with Crippen LogP contribution in [0.15, 0.2) is 30.3 Å². The third kappa shape index (κ3) is 3.55. The SMILES string of the molecule is CO[C@@]1(C)O[C@@H]2CN(Cc3ccccc3)C[C@H]([C@@H](C)F)[C@H]2C[C@]1(C)OC. The lowest BCUT2D eigenvalue weighted by atomic mass is 9.70. The molecule has 2 aliphatic heterocycles. The topological polar surface area (TPSA) is 30.9 Å². The molecule has 3 rings (SSSR count). The van der Waals surface area contributed by atoms with E-state index in [-0.39, 0.29) is 17.9 Å². The van der Waals surface area contributed by atoms with E-state index >= 15 is 0 Å². The molecule has 26 heavy (non-hydrogen) atoms. The molecule has 0 bridgehead atoms. The molecule has 2 aliphatic rings. The number of piperidine rings is 1. The van der Waals surface area contributed by atoms with Crippen molar-refractivity contribution in [2.75, 3.05) is 27.3 Å². The fourth-order valence-corrected chi connectivity index (χ4v) is 4.62. The van der Waals surface area contributed by atoms with E-state index in [1.807, 2.05) is 32.0 Å². The minimum atomic E-state index is -0.891. The Morgan fingerprint density at radius 1 is 1.19 bits per heavy atom. The lowest BCUT2D eigenvalue weighted by Crippen LogP contribution is -2.67. The zero-order valence-electron chi connectivity index (χ0n) is 16.6. The number of halogens is 1. The van der Waals surface area contributed by atoms with E-state index in [1.165, 1.54) is 5.56 Å². The van der Waals surface area contributed by atoms with Gasteiger partial charge in [0.15, 0.2) is 5.79 Å². The number of hydrogen-bond donors (Lipinski definition) is 0. The minimum absolute atomic E-state index is 0.0659. The lowest BCUT2D eigenvalue weighted by molar-refractivity contribution is -0.363. The van der Waals surface area contributed by atoms with Gasteiger partial charge in [0.2, 0.25) is 0 Å². The van der Waals surface area contributed by atoms with E-state index in [1.54, 1.807) is 21.1 Å². The van der Waals surface area contributed by atoms with Crippen molar-refractivity contribution in [3.05, 3.63) is 35.9 Å². The summed E-state index contributed by atoms with van der Waals surface area (Å²) in [6.07, 6.45) is -0.224. The molecule has 0 unspecified atom stereocenters. The van der Waals surface area contributed by atoms with Crippen LogP contribution in [0.25, 0.3) is 0 Å². The summed E-state index contributed by atoms with van der Waals surface area (Å²) in [4.78, 5) is 2.31. The number of ether oxygens (including phenoxy) is 3. The lowest BCUT2D eigenvalue weighted by Gasteiger charge is -2.57. The summed E-state index contributed by atoms with van der Waals surface area (Å²) in [5.74, 6) is -0.800. The number of rotatable bonds is 5. The van der Waals surface area contributed by atoms with Crippen LogP contribution >= 0.6 is 0 Å². The summed E-state index contributed by atoms with van der Waals surface area (Å²) in [7, 11) is 3.33. The van der Waals surface area contributed by atoms with Crippen molar-refractivity contribution in [2.24, 2.45) is 11.8 Å². The predicted octanol–water partition coefficient (Wildman–Crippen LogP) is 3.65. The van der Waals surface area contributed by atoms with E-state index in [2.05, 4.69) is 17.0 Å². The normalized spacial score (nSPS) is 39.4. The zero-order valence-corrected chi connectivity index (χ0v) is 16.6. The Balaban J connectivity index is 1.83. The number of fused-ring (bicyclic) bond motifs is 1. The first-order valence-electron chi connectivity index (χ1n) is 9.50. The monoisotopic (exact) mass is 365 g/mol. The molecule has 2 fully saturated rings. The quantitative estimate of drug-likeness (QED) is 0.797. The van der Waals surface area contributed by atoms with Crippen molar-refractivity contribution < 1.29 is 18.6 Å². The number of nitrogens with zero attached hydrogens (tertiary/aromatic N) is 1. The molecule has 1 aromatic rings. The van der Waals surface area contributed by atoms with Gasteiger partial charge in [-0.05, 0) is 38.7 Å². The van der Waals surface area contributed by atoms with Crippen LogP contribution in [0.4, 0.5) is 4.39 Å². The molecule has 0 saturated carbocycles. The second-order valence-electron chi connectivity index (χ2n) is 8.13. The number of benzene rings is 1. The second-order valence-corrected chi connectivity index (χ2v) is 8.13. The molecule has 0 radical (unpaired) electrons. The first-order chi connectivity index (χ1) is 12.3. The minimum Gasteiger partial charge on any atom is -0.373 e. The third-order valence-electron chi connectivity index (χ3n) is 6.58. The highest BCUT2D eigenvalue weighted by atomic mass is 19.1. The van der Waals surface area contributed by atoms with Gasteiger partial charge in [0, 0.05) is 39.8 Å². The Hall–Kier alpha value is -1.01. The highest BCUT2D eigenvalue weighted by molar-refractivity contribution is 5.15. The highest BCUT2D eigenvalue weighted by Gasteiger charge is 2.58. The van der Waals surface area contributed by atoms with Gasteiger partial charge >= 0.3 is 0 Å². The molecule has 5 heteroatoms. The van der Waals surface area contributed by atoms with Gasteiger partial charge in [-0.3, -0.25) is 4.90 Å². The summed E-state index contributed by atoms with van der Waals surface area (Å²) >= 11 is 0. The maximum Gasteiger partial charge on any atom is 0.194 e. The van der Waals surface area contributed by atoms with Gasteiger partial charge < -0.3 is 14.2 Å². The van der Waals surface area contributed by atoms with Gasteiger partial charge in [-0.15, -0.1) is 0 Å². The van der Waals surface area contributed by atoms with Crippen molar-refractivity contribution in [1.82, 2.24) is 4.90 Å². The van der Waals surface area contributed by atoms with E-state index in [9.17, 15) is 4.39 Å². The molecule has 0 aromatic heterocycles. The largest absolute Gasteiger partial charge is 0.373 e. The Morgan fingerprint density at radius 3 is 2.46 bits per heavy atom. The summed E-state index contributed by atoms with van der Waals surface area (Å²) in [5.41, 5.74) is 0.640. The Kier molecular flexibility index (Phi) is 5.73. The summed E-state index contributed by atoms with van der Waals surface area (Å²) < 4.78 is 32.5. The molecule has 0 spiro atoms. The van der Waals surface area contributed by atoms with E-state index < -0.39 is 17.6 Å². The molecule has 1 aromatic carbocycles. The molecule has 6 atom stereocenters. The van der Waals surface area contributed by atoms with Crippen molar-refractivity contribution in [1.29, 1.82) is 0 Å². The van der Waals surface area contributed by atoms with Crippen LogP contribution in [0.3, 0.4) is 0 Å². The fourth-order valence-electron chi connectivity index (χ4n) is 4.62. The molecular weight excluding hydrogens is 333 g/mol. The van der Waals surface area contributed by atoms with Crippen LogP contribution < -0.4 is 0 Å². The number of hydrogen-bond acceptors (Lipinski definition) is 4. The van der Waals surface area contributed by atoms with Crippen molar-refractivity contribution in [3.63, 3.8) is 0 Å². The molecule has 2 saturated heterocycles. The maximum absolute atomic E-state index is 14.5. The first kappa shape index (κ1) is 19.7. The van der Waals surface area contributed by atoms with Crippen LogP contribution in [0, 0.1) is 11.8 Å². The summed E-state index contributed by atoms with van der Waals surface area (Å²) in [6, 6.07) is 10.3. The molecule has 0 amide bonds. The zero-order chi connectivity index (χ0) is 18.9. The van der Waals surface area contributed by atoms with Gasteiger partial charge in [-0.2, -0.15) is 0 Å². The molecule has 2 heterocycles. The Morgan fingerprint density at radius 2 is 1.88 bits per heavy atom. The Labute approximate surface area is 156 Å². The highest BCUT2D eigenvalue weighted by Crippen LogP contribution is 2.48. The van der Waals surface area contributed by atoms with Crippen molar-refractivity contribution in [3.8, 4) is 0 Å². The molecular formula is C21H32FNO3. The average molecular weight is 365 g/mol. The van der Waals surface area contributed by atoms with Crippen LogP contribution in [-0.2, 0) is 20.8 Å². The molecule has 0 aliphatic carbocycles. The van der Waals surface area contributed by atoms with Crippen molar-refractivity contribution in [2.45, 2.75) is 57.4 Å². The average Bonchev–Trinajstić information content (AvgIpc) is 2.63. The van der Waals surface area contributed by atoms with E-state index in [4.69, 9.17) is 14.2 Å². The van der Waals surface area contributed by atoms with Gasteiger partial charge in [0.25, 0.3) is 0 Å². The van der Waals surface area contributed by atoms with E-state index in [0.29, 0.717) is 0 Å². The molecule has 0 N–H and O–H groups in total. The smallest absolute Gasteiger partial charge is 0.194 e. The maximum atomic E-state index is 14.5. The van der Waals surface area contributed by atoms with Gasteiger partial charge in [0.05, 0.1) is 6.10 Å². The summed E-state index contributed by atoms with van der Waals surface area (Å²) in [5, 5.41) is 0. The van der Waals surface area contributed by atoms with Crippen LogP contribution in [0.2, 0.25) is 0 Å². The number of methoxy groups -OCH3 is 2. The van der Waals surface area contributed by atoms with E-state index in [0.717, 1.165) is 26.1 Å². The van der Waals surface area contributed by atoms with Crippen molar-refractivity contribution >= 4 is 0 Å². The predicted molar refractivity (Wildman–Crippen MR) is 99.6 cm³/mol. The molecule has 4 nitrogen and oxygen atoms in total. The van der Waals surface area contributed by atoms with Gasteiger partial charge in [-0.25, -0.2) is 4.39 Å². The van der Waals surface area contributed by atoms with Gasteiger partial charge in [0.1, 0.15) is 11.8 Å². The Bertz CT molecular complexity index is 598. The van der Waals surface area contributed by atoms with Crippen LogP contribution in [0.5, 0.6) is 0 Å². The standard InChI is InChI=1S/C21H32FNO3/c1-15(22)18-13-23(12-16-9-7-6-8-10-16)14-19-17(18)11-20(2,24-4)21(3,25-5)26-19/h6-10,15,17-19H,11-14H2,1-5H3/t15-,17-,18-,19-,20+,21+/m1/s1. The molecule has 146 valence electrons. The first-order valence-corrected chi connectivity index (χ1v) is 9.50. The number of likely N-dealkylation sites (tertiary alicyclic amines) is 1. The second kappa shape index (κ2) is 7.55. The number of alkyl halides is 1. The van der Waals surface area contributed by atoms with Gasteiger partial charge in [-0.1, -0.05) is 30.3 Å². The summed E-state index contributed by atoms with van der Waals surface area (Å²) in [6.45, 7) is 7.92. The van der Waals surface area contributed by atoms with Crippen LogP contribution in [-0.4, -0.2) is 55.9 Å². The van der Waals surface area contributed by atoms with Crippen LogP contribution in [0.1, 0.15) is 32.8 Å². The fraction of sp³-hybridized carbons (Fsp3) is 0.714.